The van der Waals surface area contributed by atoms with E-state index in [0.717, 1.165) is 12.5 Å². The first-order valence-corrected chi connectivity index (χ1v) is 8.16. The fourth-order valence-electron chi connectivity index (χ4n) is 2.83. The number of hydrogen-bond donors (Lipinski definition) is 2. The number of nitrogens with zero attached hydrogens (tertiary/aromatic N) is 2. The molecule has 0 spiro atoms. The van der Waals surface area contributed by atoms with Crippen molar-refractivity contribution in [2.24, 2.45) is 10.2 Å². The van der Waals surface area contributed by atoms with E-state index in [4.69, 9.17) is 9.47 Å². The molecule has 2 aromatic carbocycles. The van der Waals surface area contributed by atoms with E-state index >= 15 is 0 Å². The maximum Gasteiger partial charge on any atom is 0.418 e. The van der Waals surface area contributed by atoms with Crippen molar-refractivity contribution in [2.45, 2.75) is 12.6 Å². The molecule has 0 amide bonds. The fraction of sp³-hybridized carbons (Fsp3) is 0.222. The van der Waals surface area contributed by atoms with Crippen molar-refractivity contribution in [3.63, 3.8) is 0 Å². The minimum Gasteiger partial charge on any atom is -0.493 e. The largest absolute Gasteiger partial charge is 0.493 e. The smallest absolute Gasteiger partial charge is 0.418 e. The molecule has 1 aromatic heterocycles. The second kappa shape index (κ2) is 6.49. The van der Waals surface area contributed by atoms with Crippen LogP contribution in [0.5, 0.6) is 17.4 Å². The number of fused-ring (bicyclic) bond motifs is 2. The number of alkyl halides is 3. The van der Waals surface area contributed by atoms with Gasteiger partial charge in [0.1, 0.15) is 0 Å². The lowest BCUT2D eigenvalue weighted by Crippen LogP contribution is -2.04. The number of nitrogens with one attached hydrogen (secondary N) is 1. The Hall–Kier alpha value is -3.23. The number of aromatic amines is 1. The van der Waals surface area contributed by atoms with Crippen molar-refractivity contribution < 1.29 is 27.8 Å². The number of hydrogen-bond acceptors (Lipinski definition) is 5. The Balaban J connectivity index is 1.78. The molecule has 0 unspecified atom stereocenters. The van der Waals surface area contributed by atoms with Crippen LogP contribution in [0.15, 0.2) is 46.6 Å². The van der Waals surface area contributed by atoms with E-state index in [0.29, 0.717) is 35.6 Å². The van der Waals surface area contributed by atoms with E-state index in [9.17, 15) is 18.3 Å². The van der Waals surface area contributed by atoms with E-state index in [1.165, 1.54) is 18.2 Å². The zero-order valence-electron chi connectivity index (χ0n) is 13.9. The van der Waals surface area contributed by atoms with Gasteiger partial charge in [0.25, 0.3) is 0 Å². The molecule has 1 aliphatic heterocycles. The van der Waals surface area contributed by atoms with E-state index in [1.807, 2.05) is 0 Å². The van der Waals surface area contributed by atoms with Crippen LogP contribution in [0, 0.1) is 0 Å². The molecule has 2 heterocycles. The second-order valence-electron chi connectivity index (χ2n) is 5.93. The molecule has 27 heavy (non-hydrogen) atoms. The number of aromatic hydroxyl groups is 1. The number of benzene rings is 2. The summed E-state index contributed by atoms with van der Waals surface area (Å²) in [6.45, 7) is 0.983. The summed E-state index contributed by atoms with van der Waals surface area (Å²) in [5.74, 6) is 0.691. The summed E-state index contributed by atoms with van der Waals surface area (Å²) in [5, 5.41) is 18.2. The zero-order valence-corrected chi connectivity index (χ0v) is 13.9. The molecule has 4 rings (SSSR count). The third-order valence-electron chi connectivity index (χ3n) is 4.09. The normalized spacial score (nSPS) is 14.6. The average Bonchev–Trinajstić information content (AvgIpc) is 2.78. The summed E-state index contributed by atoms with van der Waals surface area (Å²) >= 11 is 0. The SMILES string of the molecule is Oc1[nH]c2cc3c(cc2c1N=Nc1ccccc1C(F)(F)F)OCCCO3. The van der Waals surface area contributed by atoms with Gasteiger partial charge in [0.05, 0.1) is 30.0 Å². The topological polar surface area (TPSA) is 79.2 Å². The van der Waals surface area contributed by atoms with Crippen LogP contribution in [0.1, 0.15) is 12.0 Å². The number of H-pyrrole nitrogens is 1. The van der Waals surface area contributed by atoms with Gasteiger partial charge in [-0.1, -0.05) is 12.1 Å². The molecule has 9 heteroatoms. The zero-order chi connectivity index (χ0) is 19.0. The van der Waals surface area contributed by atoms with Crippen LogP contribution in [0.3, 0.4) is 0 Å². The maximum atomic E-state index is 13.1. The highest BCUT2D eigenvalue weighted by Gasteiger charge is 2.33. The van der Waals surface area contributed by atoms with E-state index in [-0.39, 0.29) is 17.3 Å². The first-order valence-electron chi connectivity index (χ1n) is 8.16. The molecular weight excluding hydrogens is 363 g/mol. The lowest BCUT2D eigenvalue weighted by molar-refractivity contribution is -0.137. The van der Waals surface area contributed by atoms with E-state index in [2.05, 4.69) is 15.2 Å². The van der Waals surface area contributed by atoms with Gasteiger partial charge in [0.15, 0.2) is 17.2 Å². The standard InChI is InChI=1S/C18H14F3N3O3/c19-18(20,21)11-4-1-2-5-12(11)23-24-16-10-8-14-15(27-7-3-6-26-14)9-13(10)22-17(16)25/h1-2,4-5,8-9,22,25H,3,6-7H2. The molecule has 6 nitrogen and oxygen atoms in total. The molecule has 2 N–H and O–H groups in total. The van der Waals surface area contributed by atoms with Gasteiger partial charge in [-0.3, -0.25) is 0 Å². The number of rotatable bonds is 2. The lowest BCUT2D eigenvalue weighted by atomic mass is 10.2. The minimum atomic E-state index is -4.56. The molecule has 0 saturated heterocycles. The Bertz CT molecular complexity index is 1030. The van der Waals surface area contributed by atoms with Gasteiger partial charge in [-0.05, 0) is 18.2 Å². The third-order valence-corrected chi connectivity index (χ3v) is 4.09. The summed E-state index contributed by atoms with van der Waals surface area (Å²) in [6.07, 6.45) is -3.82. The second-order valence-corrected chi connectivity index (χ2v) is 5.93. The van der Waals surface area contributed by atoms with Gasteiger partial charge in [0.2, 0.25) is 5.88 Å². The fourth-order valence-corrected chi connectivity index (χ4v) is 2.83. The highest BCUT2D eigenvalue weighted by molar-refractivity contribution is 5.96. The van der Waals surface area contributed by atoms with Crippen LogP contribution >= 0.6 is 0 Å². The first kappa shape index (κ1) is 17.2. The van der Waals surface area contributed by atoms with Crippen LogP contribution in [0.2, 0.25) is 0 Å². The summed E-state index contributed by atoms with van der Waals surface area (Å²) < 4.78 is 50.4. The van der Waals surface area contributed by atoms with Crippen molar-refractivity contribution >= 4 is 22.3 Å². The van der Waals surface area contributed by atoms with Gasteiger partial charge in [-0.15, -0.1) is 10.2 Å². The molecule has 1 aliphatic rings. The Morgan fingerprint density at radius 1 is 1.00 bits per heavy atom. The van der Waals surface area contributed by atoms with E-state index in [1.54, 1.807) is 12.1 Å². The number of aromatic nitrogens is 1. The molecule has 0 saturated carbocycles. The van der Waals surface area contributed by atoms with Gasteiger partial charge in [-0.2, -0.15) is 13.2 Å². The van der Waals surface area contributed by atoms with Crippen LogP contribution in [-0.2, 0) is 6.18 Å². The number of halogens is 3. The molecule has 0 aliphatic carbocycles. The van der Waals surface area contributed by atoms with Crippen LogP contribution in [-0.4, -0.2) is 23.3 Å². The van der Waals surface area contributed by atoms with Gasteiger partial charge in [-0.25, -0.2) is 0 Å². The molecule has 0 radical (unpaired) electrons. The Labute approximate surface area is 151 Å². The molecule has 0 atom stereocenters. The molecule has 0 bridgehead atoms. The first-order chi connectivity index (χ1) is 12.9. The van der Waals surface area contributed by atoms with Crippen molar-refractivity contribution in [3.8, 4) is 17.4 Å². The summed E-state index contributed by atoms with van der Waals surface area (Å²) in [4.78, 5) is 2.72. The quantitative estimate of drug-likeness (QED) is 0.581. The molecule has 0 fully saturated rings. The van der Waals surface area contributed by atoms with Crippen LogP contribution in [0.25, 0.3) is 10.9 Å². The average molecular weight is 377 g/mol. The molecule has 140 valence electrons. The lowest BCUT2D eigenvalue weighted by Gasteiger charge is -2.08. The molecular formula is C18H14F3N3O3. The Morgan fingerprint density at radius 2 is 1.70 bits per heavy atom. The van der Waals surface area contributed by atoms with Crippen molar-refractivity contribution in [1.82, 2.24) is 4.98 Å². The summed E-state index contributed by atoms with van der Waals surface area (Å²) in [6, 6.07) is 8.12. The van der Waals surface area contributed by atoms with Crippen LogP contribution in [0.4, 0.5) is 24.5 Å². The summed E-state index contributed by atoms with van der Waals surface area (Å²) in [7, 11) is 0. The van der Waals surface area contributed by atoms with Crippen molar-refractivity contribution in [1.29, 1.82) is 0 Å². The highest BCUT2D eigenvalue weighted by atomic mass is 19.4. The van der Waals surface area contributed by atoms with Gasteiger partial charge >= 0.3 is 6.18 Å². The van der Waals surface area contributed by atoms with Crippen molar-refractivity contribution in [3.05, 3.63) is 42.0 Å². The van der Waals surface area contributed by atoms with Crippen LogP contribution < -0.4 is 9.47 Å². The number of azo groups is 1. The van der Waals surface area contributed by atoms with Gasteiger partial charge < -0.3 is 19.6 Å². The monoisotopic (exact) mass is 377 g/mol. The predicted octanol–water partition coefficient (Wildman–Crippen LogP) is 5.47. The summed E-state index contributed by atoms with van der Waals surface area (Å²) in [5.41, 5.74) is -0.709. The maximum absolute atomic E-state index is 13.1. The Kier molecular flexibility index (Phi) is 4.14. The van der Waals surface area contributed by atoms with E-state index < -0.39 is 11.7 Å². The molecule has 3 aromatic rings. The number of ether oxygens (including phenoxy) is 2. The predicted molar refractivity (Wildman–Crippen MR) is 91.2 cm³/mol. The van der Waals surface area contributed by atoms with Crippen molar-refractivity contribution in [2.75, 3.05) is 13.2 Å². The van der Waals surface area contributed by atoms with Gasteiger partial charge in [0, 0.05) is 17.9 Å². The third kappa shape index (κ3) is 3.27. The Morgan fingerprint density at radius 3 is 2.44 bits per heavy atom. The highest BCUT2D eigenvalue weighted by Crippen LogP contribution is 2.43. The minimum absolute atomic E-state index is 0.0256.